The van der Waals surface area contributed by atoms with Crippen LogP contribution in [0.1, 0.15) is 35.1 Å². The van der Waals surface area contributed by atoms with Gasteiger partial charge in [-0.05, 0) is 81.1 Å². The molecule has 36 heavy (non-hydrogen) atoms. The van der Waals surface area contributed by atoms with E-state index in [-0.39, 0.29) is 10.8 Å². The first-order valence-corrected chi connectivity index (χ1v) is 13.4. The molecule has 1 N–H and O–H groups in total. The lowest BCUT2D eigenvalue weighted by Crippen LogP contribution is -2.38. The van der Waals surface area contributed by atoms with Crippen LogP contribution in [0.2, 0.25) is 0 Å². The molecule has 4 rings (SSSR count). The molecule has 2 amide bonds. The summed E-state index contributed by atoms with van der Waals surface area (Å²) in [7, 11) is -4.01. The average molecular weight is 506 g/mol. The second-order valence-electron chi connectivity index (χ2n) is 9.24. The van der Waals surface area contributed by atoms with Crippen LogP contribution in [-0.4, -0.2) is 33.3 Å². The van der Waals surface area contributed by atoms with Crippen molar-refractivity contribution in [1.29, 1.82) is 0 Å². The van der Waals surface area contributed by atoms with E-state index in [4.69, 9.17) is 0 Å². The number of nitrogens with one attached hydrogen (secondary N) is 1. The lowest BCUT2D eigenvalue weighted by atomic mass is 10.1. The zero-order valence-corrected chi connectivity index (χ0v) is 21.9. The van der Waals surface area contributed by atoms with Crippen molar-refractivity contribution in [3.8, 4) is 0 Å². The lowest BCUT2D eigenvalue weighted by molar-refractivity contribution is -0.117. The quantitative estimate of drug-likeness (QED) is 0.496. The Morgan fingerprint density at radius 3 is 2.36 bits per heavy atom. The maximum Gasteiger partial charge on any atom is 0.264 e. The van der Waals surface area contributed by atoms with Crippen molar-refractivity contribution < 1.29 is 18.0 Å². The summed E-state index contributed by atoms with van der Waals surface area (Å²) in [5.41, 5.74) is 5.31. The van der Waals surface area contributed by atoms with Gasteiger partial charge in [-0.2, -0.15) is 0 Å². The molecule has 1 aliphatic rings. The summed E-state index contributed by atoms with van der Waals surface area (Å²) in [6.07, 6.45) is 1.31. The molecule has 1 saturated heterocycles. The van der Waals surface area contributed by atoms with Gasteiger partial charge in [0.2, 0.25) is 11.8 Å². The number of carbonyl (C=O) groups excluding carboxylic acids is 2. The van der Waals surface area contributed by atoms with E-state index in [9.17, 15) is 18.0 Å². The van der Waals surface area contributed by atoms with Gasteiger partial charge in [0.15, 0.2) is 0 Å². The predicted octanol–water partition coefficient (Wildman–Crippen LogP) is 4.88. The van der Waals surface area contributed by atoms with E-state index in [1.54, 1.807) is 53.4 Å². The van der Waals surface area contributed by atoms with Crippen LogP contribution in [0.15, 0.2) is 65.6 Å². The Labute approximate surface area is 212 Å². The predicted molar refractivity (Wildman–Crippen MR) is 143 cm³/mol. The van der Waals surface area contributed by atoms with Gasteiger partial charge in [-0.3, -0.25) is 13.9 Å². The van der Waals surface area contributed by atoms with Crippen molar-refractivity contribution in [2.45, 2.75) is 45.4 Å². The molecule has 8 heteroatoms. The van der Waals surface area contributed by atoms with Gasteiger partial charge in [0.1, 0.15) is 6.54 Å². The van der Waals surface area contributed by atoms with E-state index >= 15 is 0 Å². The fourth-order valence-electron chi connectivity index (χ4n) is 4.35. The minimum absolute atomic E-state index is 0.0619. The number of carbonyl (C=O) groups is 2. The largest absolute Gasteiger partial charge is 0.324 e. The Kier molecular flexibility index (Phi) is 7.17. The molecule has 0 bridgehead atoms. The van der Waals surface area contributed by atoms with Crippen molar-refractivity contribution in [2.24, 2.45) is 0 Å². The molecule has 7 nitrogen and oxygen atoms in total. The molecule has 0 saturated carbocycles. The van der Waals surface area contributed by atoms with Gasteiger partial charge in [0, 0.05) is 24.3 Å². The van der Waals surface area contributed by atoms with Gasteiger partial charge in [-0.1, -0.05) is 35.9 Å². The Bertz CT molecular complexity index is 1420. The first kappa shape index (κ1) is 25.4. The van der Waals surface area contributed by atoms with Gasteiger partial charge in [-0.15, -0.1) is 0 Å². The molecular formula is C28H31N3O4S. The molecule has 0 unspecified atom stereocenters. The zero-order chi connectivity index (χ0) is 26.0. The molecule has 0 aromatic heterocycles. The molecule has 1 heterocycles. The monoisotopic (exact) mass is 505 g/mol. The number of anilines is 3. The molecule has 188 valence electrons. The molecular weight excluding hydrogens is 474 g/mol. The normalized spacial score (nSPS) is 13.7. The van der Waals surface area contributed by atoms with Crippen molar-refractivity contribution in [1.82, 2.24) is 0 Å². The fraction of sp³-hybridized carbons (Fsp3) is 0.286. The molecule has 0 radical (unpaired) electrons. The summed E-state index contributed by atoms with van der Waals surface area (Å²) >= 11 is 0. The van der Waals surface area contributed by atoms with Crippen LogP contribution in [0.5, 0.6) is 0 Å². The summed E-state index contributed by atoms with van der Waals surface area (Å²) in [4.78, 5) is 27.3. The third kappa shape index (κ3) is 5.14. The van der Waals surface area contributed by atoms with E-state index in [0.717, 1.165) is 38.7 Å². The van der Waals surface area contributed by atoms with Crippen LogP contribution in [0.25, 0.3) is 0 Å². The summed E-state index contributed by atoms with van der Waals surface area (Å²) < 4.78 is 28.6. The number of rotatable bonds is 7. The van der Waals surface area contributed by atoms with Crippen LogP contribution in [0, 0.1) is 27.7 Å². The molecule has 1 fully saturated rings. The number of benzene rings is 3. The minimum atomic E-state index is -4.01. The number of aryl methyl sites for hydroxylation is 3. The smallest absolute Gasteiger partial charge is 0.264 e. The van der Waals surface area contributed by atoms with Crippen LogP contribution in [-0.2, 0) is 19.6 Å². The minimum Gasteiger partial charge on any atom is -0.324 e. The highest BCUT2D eigenvalue weighted by Crippen LogP contribution is 2.30. The highest BCUT2D eigenvalue weighted by atomic mass is 32.2. The molecule has 0 aliphatic carbocycles. The molecule has 0 atom stereocenters. The average Bonchev–Trinajstić information content (AvgIpc) is 3.26. The van der Waals surface area contributed by atoms with Gasteiger partial charge < -0.3 is 10.2 Å². The maximum absolute atomic E-state index is 13.7. The third-order valence-electron chi connectivity index (χ3n) is 6.60. The summed E-state index contributed by atoms with van der Waals surface area (Å²) in [5, 5.41) is 2.83. The Morgan fingerprint density at radius 2 is 1.69 bits per heavy atom. The van der Waals surface area contributed by atoms with Crippen molar-refractivity contribution >= 4 is 38.9 Å². The molecule has 1 aliphatic heterocycles. The number of hydrogen-bond donors (Lipinski definition) is 1. The van der Waals surface area contributed by atoms with Crippen LogP contribution < -0.4 is 14.5 Å². The zero-order valence-electron chi connectivity index (χ0n) is 21.0. The van der Waals surface area contributed by atoms with Gasteiger partial charge in [0.05, 0.1) is 10.6 Å². The highest BCUT2D eigenvalue weighted by Gasteiger charge is 2.29. The number of nitrogens with zero attached hydrogens (tertiary/aromatic N) is 2. The third-order valence-corrected chi connectivity index (χ3v) is 8.37. The molecule has 0 spiro atoms. The van der Waals surface area contributed by atoms with Gasteiger partial charge >= 0.3 is 0 Å². The van der Waals surface area contributed by atoms with Gasteiger partial charge in [0.25, 0.3) is 10.0 Å². The van der Waals surface area contributed by atoms with E-state index in [1.807, 2.05) is 39.8 Å². The lowest BCUT2D eigenvalue weighted by Gasteiger charge is -2.26. The second kappa shape index (κ2) is 10.1. The van der Waals surface area contributed by atoms with E-state index in [0.29, 0.717) is 24.3 Å². The summed E-state index contributed by atoms with van der Waals surface area (Å²) in [6, 6.07) is 17.4. The van der Waals surface area contributed by atoms with Crippen molar-refractivity contribution in [2.75, 3.05) is 27.6 Å². The number of sulfonamides is 1. The molecule has 3 aromatic carbocycles. The van der Waals surface area contributed by atoms with Crippen molar-refractivity contribution in [3.63, 3.8) is 0 Å². The topological polar surface area (TPSA) is 86.8 Å². The fourth-order valence-corrected chi connectivity index (χ4v) is 5.83. The number of amides is 2. The van der Waals surface area contributed by atoms with E-state index in [2.05, 4.69) is 5.32 Å². The van der Waals surface area contributed by atoms with Crippen LogP contribution in [0.3, 0.4) is 0 Å². The summed E-state index contributed by atoms with van der Waals surface area (Å²) in [5.74, 6) is -0.416. The molecule has 3 aromatic rings. The Balaban J connectivity index is 1.65. The second-order valence-corrected chi connectivity index (χ2v) is 11.1. The van der Waals surface area contributed by atoms with Crippen molar-refractivity contribution in [3.05, 3.63) is 82.9 Å². The summed E-state index contributed by atoms with van der Waals surface area (Å²) in [6.45, 7) is 7.81. The first-order chi connectivity index (χ1) is 17.1. The maximum atomic E-state index is 13.7. The highest BCUT2D eigenvalue weighted by molar-refractivity contribution is 7.92. The van der Waals surface area contributed by atoms with E-state index in [1.165, 1.54) is 0 Å². The first-order valence-electron chi connectivity index (χ1n) is 11.9. The van der Waals surface area contributed by atoms with Crippen LogP contribution in [0.4, 0.5) is 17.1 Å². The Morgan fingerprint density at radius 1 is 0.972 bits per heavy atom. The number of hydrogen-bond acceptors (Lipinski definition) is 4. The van der Waals surface area contributed by atoms with Crippen LogP contribution >= 0.6 is 0 Å². The SMILES string of the molecule is Cc1ccc(S(=O)(=O)N(CC(=O)Nc2ccc(C)c(N3CCCC3=O)c2)c2cccc(C)c2C)cc1. The van der Waals surface area contributed by atoms with E-state index < -0.39 is 22.5 Å². The standard InChI is InChI=1S/C28H31N3O4S/c1-19-10-14-24(15-11-19)36(34,35)31(25-8-5-7-20(2)22(25)4)18-27(32)29-23-13-12-21(3)26(17-23)30-16-6-9-28(30)33/h5,7-8,10-15,17H,6,9,16,18H2,1-4H3,(H,29,32). The Hall–Kier alpha value is -3.65. The van der Waals surface area contributed by atoms with Gasteiger partial charge in [-0.25, -0.2) is 8.42 Å².